The smallest absolute Gasteiger partial charge is 0.116 e. The van der Waals surface area contributed by atoms with Crippen molar-refractivity contribution in [1.29, 1.82) is 0 Å². The molecule has 0 saturated carbocycles. The topological polar surface area (TPSA) is 38.7 Å². The van der Waals surface area contributed by atoms with E-state index in [4.69, 9.17) is 4.98 Å². The first kappa shape index (κ1) is 24.6. The van der Waals surface area contributed by atoms with Crippen LogP contribution in [0.3, 0.4) is 0 Å². The van der Waals surface area contributed by atoms with Gasteiger partial charge in [-0.2, -0.15) is 0 Å². The Morgan fingerprint density at radius 3 is 1.36 bits per heavy atom. The number of fused-ring (bicyclic) bond motifs is 5. The van der Waals surface area contributed by atoms with Crippen LogP contribution in [0.5, 0.6) is 0 Å². The van der Waals surface area contributed by atoms with Gasteiger partial charge >= 0.3 is 0 Å². The van der Waals surface area contributed by atoms with Crippen molar-refractivity contribution < 1.29 is 0 Å². The fourth-order valence-electron chi connectivity index (χ4n) is 6.70. The highest BCUT2D eigenvalue weighted by Crippen LogP contribution is 2.41. The third kappa shape index (κ3) is 3.94. The highest BCUT2D eigenvalue weighted by Gasteiger charge is 2.17. The Balaban J connectivity index is 1.43. The molecule has 0 fully saturated rings. The largest absolute Gasteiger partial charge is 0.248 e. The van der Waals surface area contributed by atoms with E-state index >= 15 is 0 Å². The van der Waals surface area contributed by atoms with Crippen molar-refractivity contribution in [2.75, 3.05) is 0 Å². The average Bonchev–Trinajstić information content (AvgIpc) is 3.09. The fourth-order valence-corrected chi connectivity index (χ4v) is 6.70. The molecule has 2 aromatic heterocycles. The van der Waals surface area contributed by atoms with Crippen molar-refractivity contribution in [3.05, 3.63) is 152 Å². The lowest BCUT2D eigenvalue weighted by Gasteiger charge is -2.17. The molecule has 0 bridgehead atoms. The van der Waals surface area contributed by atoms with Gasteiger partial charge < -0.3 is 0 Å². The van der Waals surface area contributed by atoms with Gasteiger partial charge in [-0.15, -0.1) is 0 Å². The Morgan fingerprint density at radius 2 is 0.864 bits per heavy atom. The van der Waals surface area contributed by atoms with E-state index in [9.17, 15) is 0 Å². The molecule has 44 heavy (non-hydrogen) atoms. The second-order valence-electron chi connectivity index (χ2n) is 11.3. The third-order valence-electron chi connectivity index (χ3n) is 8.72. The zero-order valence-electron chi connectivity index (χ0n) is 23.8. The number of hydrogen-bond acceptors (Lipinski definition) is 3. The second kappa shape index (κ2) is 9.82. The van der Waals surface area contributed by atoms with E-state index in [1.807, 2.05) is 6.20 Å². The van der Waals surface area contributed by atoms with Crippen LogP contribution in [0.1, 0.15) is 0 Å². The molecular formula is C41H25N3. The number of nitrogens with zero attached hydrogens (tertiary/aromatic N) is 3. The van der Waals surface area contributed by atoms with Gasteiger partial charge in [0.15, 0.2) is 0 Å². The van der Waals surface area contributed by atoms with Crippen molar-refractivity contribution >= 4 is 54.0 Å². The summed E-state index contributed by atoms with van der Waals surface area (Å²) >= 11 is 0. The van der Waals surface area contributed by atoms with Gasteiger partial charge in [0.1, 0.15) is 6.33 Å². The quantitative estimate of drug-likeness (QED) is 0.202. The minimum Gasteiger partial charge on any atom is -0.248 e. The summed E-state index contributed by atoms with van der Waals surface area (Å²) in [6, 6.07) is 50.0. The average molecular weight is 560 g/mol. The molecule has 204 valence electrons. The number of benzene rings is 7. The molecule has 0 aliphatic heterocycles. The van der Waals surface area contributed by atoms with E-state index in [2.05, 4.69) is 149 Å². The van der Waals surface area contributed by atoms with E-state index in [1.54, 1.807) is 6.33 Å². The van der Waals surface area contributed by atoms with Crippen LogP contribution in [-0.4, -0.2) is 15.0 Å². The summed E-state index contributed by atoms with van der Waals surface area (Å²) in [5.74, 6) is 0. The lowest BCUT2D eigenvalue weighted by atomic mass is 9.90. The Morgan fingerprint density at radius 1 is 0.386 bits per heavy atom. The highest BCUT2D eigenvalue weighted by molar-refractivity contribution is 6.14. The Labute approximate surface area is 254 Å². The first-order valence-electron chi connectivity index (χ1n) is 14.8. The molecule has 0 aliphatic carbocycles. The lowest BCUT2D eigenvalue weighted by molar-refractivity contribution is 1.22. The van der Waals surface area contributed by atoms with E-state index in [-0.39, 0.29) is 0 Å². The predicted molar refractivity (Wildman–Crippen MR) is 184 cm³/mol. The number of hydrogen-bond donors (Lipinski definition) is 0. The summed E-state index contributed by atoms with van der Waals surface area (Å²) < 4.78 is 0. The van der Waals surface area contributed by atoms with Gasteiger partial charge in [0.2, 0.25) is 0 Å². The van der Waals surface area contributed by atoms with Crippen molar-refractivity contribution in [3.63, 3.8) is 0 Å². The van der Waals surface area contributed by atoms with Crippen LogP contribution in [0.15, 0.2) is 152 Å². The molecule has 0 N–H and O–H groups in total. The molecule has 0 atom stereocenters. The molecule has 0 unspecified atom stereocenters. The van der Waals surface area contributed by atoms with Crippen molar-refractivity contribution in [2.24, 2.45) is 0 Å². The van der Waals surface area contributed by atoms with E-state index < -0.39 is 0 Å². The minimum absolute atomic E-state index is 0.929. The van der Waals surface area contributed by atoms with Crippen LogP contribution in [0.25, 0.3) is 87.6 Å². The molecule has 7 aromatic carbocycles. The maximum Gasteiger partial charge on any atom is 0.116 e. The molecule has 2 heterocycles. The van der Waals surface area contributed by atoms with Crippen LogP contribution in [-0.2, 0) is 0 Å². The van der Waals surface area contributed by atoms with Crippen LogP contribution < -0.4 is 0 Å². The maximum absolute atomic E-state index is 5.54. The monoisotopic (exact) mass is 559 g/mol. The van der Waals surface area contributed by atoms with Crippen LogP contribution in [0, 0.1) is 0 Å². The Bertz CT molecular complexity index is 2320. The molecule has 0 aliphatic rings. The van der Waals surface area contributed by atoms with E-state index in [0.29, 0.717) is 0 Å². The van der Waals surface area contributed by atoms with Crippen molar-refractivity contribution in [3.8, 4) is 33.6 Å². The summed E-state index contributed by atoms with van der Waals surface area (Å²) in [7, 11) is 0. The first-order valence-corrected chi connectivity index (χ1v) is 14.8. The van der Waals surface area contributed by atoms with Gasteiger partial charge in [-0.05, 0) is 90.6 Å². The third-order valence-corrected chi connectivity index (χ3v) is 8.72. The van der Waals surface area contributed by atoms with E-state index in [0.717, 1.165) is 44.5 Å². The van der Waals surface area contributed by atoms with Gasteiger partial charge in [0, 0.05) is 22.7 Å². The summed E-state index contributed by atoms with van der Waals surface area (Å²) in [4.78, 5) is 14.3. The summed E-state index contributed by atoms with van der Waals surface area (Å²) in [6.45, 7) is 0. The van der Waals surface area contributed by atoms with Crippen molar-refractivity contribution in [1.82, 2.24) is 15.0 Å². The van der Waals surface area contributed by atoms with Gasteiger partial charge in [0.05, 0.1) is 16.9 Å². The SMILES string of the molecule is c1ccc2c(-c3cc(-c4ccc5ncncc5c4)cc(-c4c5ccccc5cc5ccccc45)n3)c3ccccc3cc2c1. The lowest BCUT2D eigenvalue weighted by Crippen LogP contribution is -1.95. The summed E-state index contributed by atoms with van der Waals surface area (Å²) in [5, 5.41) is 10.6. The molecule has 0 spiro atoms. The van der Waals surface area contributed by atoms with Gasteiger partial charge in [-0.25, -0.2) is 15.0 Å². The molecule has 9 rings (SSSR count). The van der Waals surface area contributed by atoms with Crippen LogP contribution in [0.4, 0.5) is 0 Å². The Kier molecular flexibility index (Phi) is 5.50. The zero-order chi connectivity index (χ0) is 29.0. The molecule has 0 saturated heterocycles. The fraction of sp³-hybridized carbons (Fsp3) is 0. The number of pyridine rings is 1. The minimum atomic E-state index is 0.929. The molecule has 3 heteroatoms. The zero-order valence-corrected chi connectivity index (χ0v) is 23.8. The summed E-state index contributed by atoms with van der Waals surface area (Å²) in [5.41, 5.74) is 7.33. The molecule has 9 aromatic rings. The standard InChI is InChI=1S/C41H25N3/c1-5-13-33-27(9-1)20-28-10-2-6-14-34(28)40(33)38-22-31(26-17-18-37-32(19-26)24-42-25-43-37)23-39(44-38)41-35-15-7-3-11-29(35)21-30-12-4-8-16-36(30)41/h1-25H. The van der Waals surface area contributed by atoms with Gasteiger partial charge in [-0.3, -0.25) is 0 Å². The van der Waals surface area contributed by atoms with Gasteiger partial charge in [-0.1, -0.05) is 103 Å². The van der Waals surface area contributed by atoms with Crippen LogP contribution >= 0.6 is 0 Å². The molecular weight excluding hydrogens is 534 g/mol. The maximum atomic E-state index is 5.54. The van der Waals surface area contributed by atoms with Gasteiger partial charge in [0.25, 0.3) is 0 Å². The Hall–Kier alpha value is -5.93. The van der Waals surface area contributed by atoms with Crippen LogP contribution in [0.2, 0.25) is 0 Å². The highest BCUT2D eigenvalue weighted by atomic mass is 14.8. The number of aromatic nitrogens is 3. The van der Waals surface area contributed by atoms with Crippen molar-refractivity contribution in [2.45, 2.75) is 0 Å². The predicted octanol–water partition coefficient (Wildman–Crippen LogP) is 10.6. The normalized spacial score (nSPS) is 11.6. The summed E-state index contributed by atoms with van der Waals surface area (Å²) in [6.07, 6.45) is 3.48. The molecule has 0 amide bonds. The first-order chi connectivity index (χ1) is 21.8. The second-order valence-corrected chi connectivity index (χ2v) is 11.3. The molecule has 0 radical (unpaired) electrons. The van der Waals surface area contributed by atoms with E-state index in [1.165, 1.54) is 43.1 Å². The molecule has 3 nitrogen and oxygen atoms in total. The number of rotatable bonds is 3.